The zero-order valence-electron chi connectivity index (χ0n) is 24.9. The molecule has 0 amide bonds. The van der Waals surface area contributed by atoms with Gasteiger partial charge in [-0.25, -0.2) is 0 Å². The highest BCUT2D eigenvalue weighted by molar-refractivity contribution is 7.95. The van der Waals surface area contributed by atoms with Crippen LogP contribution in [-0.2, 0) is 4.79 Å². The van der Waals surface area contributed by atoms with Gasteiger partial charge in [-0.3, -0.25) is 4.79 Å². The number of carbonyl (C=O) groups is 1. The van der Waals surface area contributed by atoms with Crippen LogP contribution in [0, 0.1) is 0 Å². The highest BCUT2D eigenvalue weighted by atomic mass is 32.1. The van der Waals surface area contributed by atoms with Crippen LogP contribution in [0.3, 0.4) is 0 Å². The van der Waals surface area contributed by atoms with Crippen molar-refractivity contribution >= 4 is 46.2 Å². The molecular weight excluding hydrogens is 551 g/mol. The molecule has 218 valence electrons. The van der Waals surface area contributed by atoms with Gasteiger partial charge in [-0.1, -0.05) is 117 Å². The van der Waals surface area contributed by atoms with Crippen molar-refractivity contribution in [2.45, 2.75) is 71.1 Å². The Labute approximate surface area is 258 Å². The summed E-state index contributed by atoms with van der Waals surface area (Å²) in [5, 5.41) is 4.43. The van der Waals surface area contributed by atoms with Crippen molar-refractivity contribution in [3.63, 3.8) is 0 Å². The van der Waals surface area contributed by atoms with Gasteiger partial charge in [-0.05, 0) is 80.3 Å². The predicted octanol–water partition coefficient (Wildman–Crippen LogP) is 9.23. The molecule has 4 aromatic carbocycles. The molecule has 42 heavy (non-hydrogen) atoms. The lowest BCUT2D eigenvalue weighted by molar-refractivity contribution is -0.134. The van der Waals surface area contributed by atoms with E-state index in [1.807, 2.05) is 31.2 Å². The molecule has 0 aromatic heterocycles. The Morgan fingerprint density at radius 1 is 0.571 bits per heavy atom. The Balaban J connectivity index is 1.17. The van der Waals surface area contributed by atoms with E-state index in [2.05, 4.69) is 91.0 Å². The number of hydrogen-bond acceptors (Lipinski definition) is 3. The van der Waals surface area contributed by atoms with E-state index in [9.17, 15) is 4.79 Å². The van der Waals surface area contributed by atoms with Crippen LogP contribution in [-0.4, -0.2) is 17.0 Å². The molecule has 0 spiro atoms. The summed E-state index contributed by atoms with van der Waals surface area (Å²) < 4.78 is 5.46. The fourth-order valence-electron chi connectivity index (χ4n) is 5.68. The summed E-state index contributed by atoms with van der Waals surface area (Å²) in [6, 6.07) is 41.0. The third-order valence-corrected chi connectivity index (χ3v) is 12.7. The minimum atomic E-state index is -1.71. The molecule has 0 atom stereocenters. The van der Waals surface area contributed by atoms with E-state index < -0.39 is 7.26 Å². The van der Waals surface area contributed by atoms with Gasteiger partial charge in [0.1, 0.15) is 28.9 Å². The fourth-order valence-corrected chi connectivity index (χ4v) is 10.2. The molecule has 0 N–H and O–H groups in total. The molecule has 0 saturated carbocycles. The van der Waals surface area contributed by atoms with Crippen LogP contribution in [0.2, 0.25) is 0 Å². The molecule has 0 aliphatic rings. The van der Waals surface area contributed by atoms with Gasteiger partial charge in [0.15, 0.2) is 0 Å². The molecule has 0 aliphatic carbocycles. The van der Waals surface area contributed by atoms with E-state index in [1.165, 1.54) is 67.0 Å². The topological polar surface area (TPSA) is 26.3 Å². The number of rotatable bonds is 17. The number of unbranched alkanes of at least 4 members (excludes halogenated alkanes) is 8. The Hall–Kier alpha value is -3.13. The molecule has 0 heterocycles. The van der Waals surface area contributed by atoms with Gasteiger partial charge in [0.2, 0.25) is 0 Å². The van der Waals surface area contributed by atoms with Gasteiger partial charge in [-0.2, -0.15) is 0 Å². The van der Waals surface area contributed by atoms with E-state index in [4.69, 9.17) is 17.0 Å². The molecule has 0 saturated heterocycles. The monoisotopic (exact) mass is 595 g/mol. The number of carbonyl (C=O) groups excluding carboxylic acids is 1. The van der Waals surface area contributed by atoms with Gasteiger partial charge >= 0.3 is 5.97 Å². The van der Waals surface area contributed by atoms with Crippen molar-refractivity contribution in [3.8, 4) is 5.75 Å². The first-order chi connectivity index (χ1) is 20.6. The second kappa shape index (κ2) is 17.1. The van der Waals surface area contributed by atoms with E-state index in [0.29, 0.717) is 12.2 Å². The van der Waals surface area contributed by atoms with Crippen molar-refractivity contribution < 1.29 is 9.53 Å². The number of esters is 1. The minimum absolute atomic E-state index is 0.151. The summed E-state index contributed by atoms with van der Waals surface area (Å²) in [5.41, 5.74) is 0.992. The van der Waals surface area contributed by atoms with Crippen LogP contribution in [0.25, 0.3) is 0 Å². The lowest BCUT2D eigenvalue weighted by Crippen LogP contribution is -2.33. The van der Waals surface area contributed by atoms with Gasteiger partial charge in [0, 0.05) is 11.3 Å². The Morgan fingerprint density at radius 2 is 0.976 bits per heavy atom. The van der Waals surface area contributed by atoms with Gasteiger partial charge in [-0.15, -0.1) is 0 Å². The number of ether oxygens (including phenoxy) is 1. The Kier molecular flexibility index (Phi) is 12.9. The van der Waals surface area contributed by atoms with Crippen molar-refractivity contribution in [1.82, 2.24) is 0 Å². The summed E-state index contributed by atoms with van der Waals surface area (Å²) in [4.78, 5) is 13.0. The zero-order valence-corrected chi connectivity index (χ0v) is 26.6. The van der Waals surface area contributed by atoms with E-state index in [1.54, 1.807) is 0 Å². The quantitative estimate of drug-likeness (QED) is 0.0304. The second-order valence-electron chi connectivity index (χ2n) is 11.0. The number of benzene rings is 4. The molecular formula is C38H44O2PS+. The molecule has 0 radical (unpaired) electrons. The number of hydrogen-bond donors (Lipinski definition) is 0. The normalized spacial score (nSPS) is 11.3. The van der Waals surface area contributed by atoms with Gasteiger partial charge in [0.05, 0.1) is 6.16 Å². The zero-order chi connectivity index (χ0) is 29.5. The maximum atomic E-state index is 12.2. The van der Waals surface area contributed by atoms with Crippen molar-refractivity contribution in [2.75, 3.05) is 6.16 Å². The van der Waals surface area contributed by atoms with Crippen molar-refractivity contribution in [2.24, 2.45) is 0 Å². The van der Waals surface area contributed by atoms with Crippen LogP contribution < -0.4 is 20.7 Å². The third kappa shape index (κ3) is 9.18. The molecule has 0 fully saturated rings. The summed E-state index contributed by atoms with van der Waals surface area (Å²) in [7, 11) is -1.71. The minimum Gasteiger partial charge on any atom is -0.427 e. The molecule has 2 nitrogen and oxygen atoms in total. The van der Waals surface area contributed by atoms with Crippen LogP contribution in [0.5, 0.6) is 5.75 Å². The molecule has 0 aliphatic heterocycles. The molecule has 4 heteroatoms. The molecule has 4 aromatic rings. The van der Waals surface area contributed by atoms with Crippen LogP contribution in [0.4, 0.5) is 0 Å². The standard InChI is InChI=1S/C38H44O2PS/c1-32(42)33-27-29-34(30-28-33)40-38(39)26-18-7-5-3-2-4-6-8-19-31-41(35-20-12-9-13-21-35,36-22-14-10-15-23-36)37-24-16-11-17-25-37/h9-17,20-25,27-30H,2-8,18-19,26,31H2,1H3/q+1. The van der Waals surface area contributed by atoms with Gasteiger partial charge < -0.3 is 4.74 Å². The summed E-state index contributed by atoms with van der Waals surface area (Å²) >= 11 is 5.18. The highest BCUT2D eigenvalue weighted by Crippen LogP contribution is 2.56. The molecule has 0 bridgehead atoms. The third-order valence-electron chi connectivity index (χ3n) is 7.96. The first-order valence-electron chi connectivity index (χ1n) is 15.5. The maximum absolute atomic E-state index is 12.2. The first kappa shape index (κ1) is 31.8. The summed E-state index contributed by atoms with van der Waals surface area (Å²) in [6.07, 6.45) is 12.4. The fraction of sp³-hybridized carbons (Fsp3) is 0.316. The molecule has 4 rings (SSSR count). The molecule has 0 unspecified atom stereocenters. The van der Waals surface area contributed by atoms with E-state index in [-0.39, 0.29) is 5.97 Å². The summed E-state index contributed by atoms with van der Waals surface area (Å²) in [5.74, 6) is 0.443. The second-order valence-corrected chi connectivity index (χ2v) is 15.3. The lowest BCUT2D eigenvalue weighted by Gasteiger charge is -2.27. The van der Waals surface area contributed by atoms with Crippen LogP contribution in [0.1, 0.15) is 76.7 Å². The average Bonchev–Trinajstić information content (AvgIpc) is 3.03. The number of thiocarbonyl (C=S) groups is 1. The maximum Gasteiger partial charge on any atom is 0.311 e. The van der Waals surface area contributed by atoms with Crippen LogP contribution in [0.15, 0.2) is 115 Å². The van der Waals surface area contributed by atoms with E-state index >= 15 is 0 Å². The Morgan fingerprint density at radius 3 is 1.40 bits per heavy atom. The van der Waals surface area contributed by atoms with Crippen LogP contribution >= 0.6 is 19.5 Å². The van der Waals surface area contributed by atoms with Crippen molar-refractivity contribution in [1.29, 1.82) is 0 Å². The summed E-state index contributed by atoms with van der Waals surface area (Å²) in [6.45, 7) is 1.90. The highest BCUT2D eigenvalue weighted by Gasteiger charge is 2.44. The van der Waals surface area contributed by atoms with E-state index in [0.717, 1.165) is 23.3 Å². The average molecular weight is 596 g/mol. The predicted molar refractivity (Wildman–Crippen MR) is 186 cm³/mol. The largest absolute Gasteiger partial charge is 0.427 e. The Bertz CT molecular complexity index is 1260. The smallest absolute Gasteiger partial charge is 0.311 e. The lowest BCUT2D eigenvalue weighted by atomic mass is 10.1. The first-order valence-corrected chi connectivity index (χ1v) is 17.8. The SMILES string of the molecule is CC(=S)c1ccc(OC(=O)CCCCCCCCCCC[P+](c2ccccc2)(c2ccccc2)c2ccccc2)cc1. The van der Waals surface area contributed by atoms with Gasteiger partial charge in [0.25, 0.3) is 0 Å². The van der Waals surface area contributed by atoms with Crippen molar-refractivity contribution in [3.05, 3.63) is 121 Å².